The molecule has 0 aliphatic rings. The number of hydrogen-bond acceptors (Lipinski definition) is 8. The molecule has 1 N–H and O–H groups in total. The van der Waals surface area contributed by atoms with E-state index in [1.807, 2.05) is 0 Å². The first kappa shape index (κ1) is 25.2. The zero-order valence-electron chi connectivity index (χ0n) is 19.4. The fraction of sp³-hybridized carbons (Fsp3) is 0.435. The lowest BCUT2D eigenvalue weighted by molar-refractivity contribution is -0.115. The quantitative estimate of drug-likeness (QED) is 0.580. The Hall–Kier alpha value is -3.07. The van der Waals surface area contributed by atoms with Crippen LogP contribution in [0.1, 0.15) is 58.9 Å². The first-order chi connectivity index (χ1) is 15.0. The molecular weight excluding hydrogens is 434 g/mol. The van der Waals surface area contributed by atoms with Crippen LogP contribution in [-0.2, 0) is 20.7 Å². The molecule has 1 heterocycles. The van der Waals surface area contributed by atoms with Gasteiger partial charge in [0.25, 0.3) is 0 Å². The Kier molecular flexibility index (Phi) is 8.26. The summed E-state index contributed by atoms with van der Waals surface area (Å²) in [5.74, 6) is -0.482. The van der Waals surface area contributed by atoms with Gasteiger partial charge in [0.05, 0.1) is 32.8 Å². The van der Waals surface area contributed by atoms with Crippen molar-refractivity contribution in [2.75, 3.05) is 26.1 Å². The van der Waals surface area contributed by atoms with Crippen molar-refractivity contribution in [2.45, 2.75) is 46.6 Å². The lowest BCUT2D eigenvalue weighted by Crippen LogP contribution is -2.23. The van der Waals surface area contributed by atoms with Crippen molar-refractivity contribution in [3.63, 3.8) is 0 Å². The molecule has 2 aromatic rings. The fourth-order valence-corrected chi connectivity index (χ4v) is 4.00. The summed E-state index contributed by atoms with van der Waals surface area (Å²) in [7, 11) is 3.04. The second-order valence-electron chi connectivity index (χ2n) is 7.90. The van der Waals surface area contributed by atoms with Gasteiger partial charge in [-0.2, -0.15) is 0 Å². The molecule has 0 aliphatic heterocycles. The number of esters is 2. The molecule has 0 atom stereocenters. The molecule has 32 heavy (non-hydrogen) atoms. The lowest BCUT2D eigenvalue weighted by Gasteiger charge is -2.19. The van der Waals surface area contributed by atoms with Crippen LogP contribution in [0.4, 0.5) is 5.00 Å². The van der Waals surface area contributed by atoms with Gasteiger partial charge in [-0.3, -0.25) is 4.79 Å². The average Bonchev–Trinajstić information content (AvgIpc) is 3.02. The molecule has 0 aliphatic carbocycles. The predicted octanol–water partition coefficient (Wildman–Crippen LogP) is 4.39. The molecule has 0 unspecified atom stereocenters. The molecule has 1 amide bonds. The summed E-state index contributed by atoms with van der Waals surface area (Å²) in [5.41, 5.74) is 0.551. The standard InChI is InChI=1S/C23H29NO7S/c1-8-30-21(26)18-13(2)19(22(27)31-23(3,4)5)32-20(18)24-17(25)12-14-9-10-15(28-6)16(11-14)29-7/h9-11H,8,12H2,1-7H3,(H,24,25). The van der Waals surface area contributed by atoms with Crippen LogP contribution in [-0.4, -0.2) is 44.3 Å². The number of methoxy groups -OCH3 is 2. The van der Waals surface area contributed by atoms with E-state index in [2.05, 4.69) is 5.32 Å². The highest BCUT2D eigenvalue weighted by Crippen LogP contribution is 2.35. The van der Waals surface area contributed by atoms with Crippen LogP contribution in [0.3, 0.4) is 0 Å². The summed E-state index contributed by atoms with van der Waals surface area (Å²) in [6.45, 7) is 8.74. The molecule has 0 saturated heterocycles. The molecule has 1 aromatic heterocycles. The second-order valence-corrected chi connectivity index (χ2v) is 8.92. The predicted molar refractivity (Wildman–Crippen MR) is 122 cm³/mol. The third-order valence-corrected chi connectivity index (χ3v) is 5.46. The Bertz CT molecular complexity index is 1000. The minimum atomic E-state index is -0.700. The molecule has 2 rings (SSSR count). The molecule has 0 spiro atoms. The van der Waals surface area contributed by atoms with E-state index < -0.39 is 17.5 Å². The minimum Gasteiger partial charge on any atom is -0.493 e. The van der Waals surface area contributed by atoms with E-state index in [1.165, 1.54) is 14.2 Å². The molecule has 1 aromatic carbocycles. The van der Waals surface area contributed by atoms with Gasteiger partial charge in [-0.1, -0.05) is 6.07 Å². The van der Waals surface area contributed by atoms with E-state index in [0.717, 1.165) is 11.3 Å². The van der Waals surface area contributed by atoms with Gasteiger partial charge in [-0.15, -0.1) is 11.3 Å². The Morgan fingerprint density at radius 2 is 1.69 bits per heavy atom. The number of ether oxygens (including phenoxy) is 4. The third kappa shape index (κ3) is 6.23. The summed E-state index contributed by atoms with van der Waals surface area (Å²) in [6.07, 6.45) is 0.0291. The van der Waals surface area contributed by atoms with Gasteiger partial charge < -0.3 is 24.3 Å². The first-order valence-corrected chi connectivity index (χ1v) is 10.9. The van der Waals surface area contributed by atoms with Crippen molar-refractivity contribution in [3.8, 4) is 11.5 Å². The summed E-state index contributed by atoms with van der Waals surface area (Å²) >= 11 is 0.990. The smallest absolute Gasteiger partial charge is 0.349 e. The average molecular weight is 464 g/mol. The normalized spacial score (nSPS) is 11.0. The number of carbonyl (C=O) groups is 3. The van der Waals surface area contributed by atoms with E-state index in [0.29, 0.717) is 22.6 Å². The first-order valence-electron chi connectivity index (χ1n) is 10.0. The highest BCUT2D eigenvalue weighted by Gasteiger charge is 2.29. The highest BCUT2D eigenvalue weighted by atomic mass is 32.1. The number of anilines is 1. The number of benzene rings is 1. The molecule has 9 heteroatoms. The third-order valence-electron chi connectivity index (χ3n) is 4.28. The van der Waals surface area contributed by atoms with Gasteiger partial charge >= 0.3 is 11.9 Å². The van der Waals surface area contributed by atoms with E-state index in [4.69, 9.17) is 18.9 Å². The maximum Gasteiger partial charge on any atom is 0.349 e. The van der Waals surface area contributed by atoms with Crippen LogP contribution in [0.25, 0.3) is 0 Å². The Balaban J connectivity index is 2.32. The van der Waals surface area contributed by atoms with E-state index in [-0.39, 0.29) is 34.4 Å². The van der Waals surface area contributed by atoms with Crippen LogP contribution in [0.2, 0.25) is 0 Å². The van der Waals surface area contributed by atoms with E-state index in [1.54, 1.807) is 52.8 Å². The molecule has 8 nitrogen and oxygen atoms in total. The molecule has 0 saturated carbocycles. The molecule has 174 valence electrons. The maximum atomic E-state index is 12.7. The number of thiophene rings is 1. The zero-order chi connectivity index (χ0) is 24.1. The molecular formula is C23H29NO7S. The van der Waals surface area contributed by atoms with E-state index in [9.17, 15) is 14.4 Å². The molecule has 0 bridgehead atoms. The topological polar surface area (TPSA) is 100 Å². The Morgan fingerprint density at radius 3 is 2.25 bits per heavy atom. The Morgan fingerprint density at radius 1 is 1.03 bits per heavy atom. The van der Waals surface area contributed by atoms with Crippen molar-refractivity contribution in [1.82, 2.24) is 0 Å². The minimum absolute atomic E-state index is 0.0291. The number of carbonyl (C=O) groups excluding carboxylic acids is 3. The van der Waals surface area contributed by atoms with E-state index >= 15 is 0 Å². The highest BCUT2D eigenvalue weighted by molar-refractivity contribution is 7.18. The summed E-state index contributed by atoms with van der Waals surface area (Å²) in [5, 5.41) is 2.99. The number of nitrogens with one attached hydrogen (secondary N) is 1. The van der Waals surface area contributed by atoms with Crippen LogP contribution in [0.15, 0.2) is 18.2 Å². The van der Waals surface area contributed by atoms with Gasteiger partial charge in [0.2, 0.25) is 5.91 Å². The largest absolute Gasteiger partial charge is 0.493 e. The zero-order valence-corrected chi connectivity index (χ0v) is 20.2. The van der Waals surface area contributed by atoms with Gasteiger partial charge in [0.1, 0.15) is 15.5 Å². The van der Waals surface area contributed by atoms with Gasteiger partial charge in [0, 0.05) is 0 Å². The maximum absolute atomic E-state index is 12.7. The second kappa shape index (κ2) is 10.5. The van der Waals surface area contributed by atoms with Crippen molar-refractivity contribution >= 4 is 34.2 Å². The fourth-order valence-electron chi connectivity index (χ4n) is 2.92. The van der Waals surface area contributed by atoms with Crippen LogP contribution < -0.4 is 14.8 Å². The summed E-state index contributed by atoms with van der Waals surface area (Å²) in [6, 6.07) is 5.16. The molecule has 0 radical (unpaired) electrons. The van der Waals surface area contributed by atoms with Crippen molar-refractivity contribution < 1.29 is 33.3 Å². The number of hydrogen-bond donors (Lipinski definition) is 1. The molecule has 0 fully saturated rings. The number of amides is 1. The van der Waals surface area contributed by atoms with Gasteiger partial charge in [0.15, 0.2) is 11.5 Å². The summed E-state index contributed by atoms with van der Waals surface area (Å²) < 4.78 is 21.1. The van der Waals surface area contributed by atoms with Crippen LogP contribution >= 0.6 is 11.3 Å². The Labute approximate surface area is 191 Å². The van der Waals surface area contributed by atoms with Crippen molar-refractivity contribution in [3.05, 3.63) is 39.8 Å². The van der Waals surface area contributed by atoms with Crippen LogP contribution in [0, 0.1) is 6.92 Å². The van der Waals surface area contributed by atoms with Crippen molar-refractivity contribution in [2.24, 2.45) is 0 Å². The SMILES string of the molecule is CCOC(=O)c1c(NC(=O)Cc2ccc(OC)c(OC)c2)sc(C(=O)OC(C)(C)C)c1C. The monoisotopic (exact) mass is 463 g/mol. The van der Waals surface area contributed by atoms with Gasteiger partial charge in [-0.05, 0) is 57.9 Å². The van der Waals surface area contributed by atoms with Crippen molar-refractivity contribution in [1.29, 1.82) is 0 Å². The lowest BCUT2D eigenvalue weighted by atomic mass is 10.1. The van der Waals surface area contributed by atoms with Gasteiger partial charge in [-0.25, -0.2) is 9.59 Å². The number of rotatable bonds is 8. The van der Waals surface area contributed by atoms with Crippen LogP contribution in [0.5, 0.6) is 11.5 Å². The summed E-state index contributed by atoms with van der Waals surface area (Å²) in [4.78, 5) is 38.2.